The lowest BCUT2D eigenvalue weighted by Crippen LogP contribution is -2.34. The number of nitrogens with one attached hydrogen (secondary N) is 2. The van der Waals surface area contributed by atoms with Crippen LogP contribution >= 0.6 is 0 Å². The zero-order valence-electron chi connectivity index (χ0n) is 18.8. The van der Waals surface area contributed by atoms with Crippen molar-refractivity contribution in [3.63, 3.8) is 0 Å². The van der Waals surface area contributed by atoms with Gasteiger partial charge in [0.25, 0.3) is 0 Å². The van der Waals surface area contributed by atoms with Crippen LogP contribution in [0.1, 0.15) is 45.9 Å². The van der Waals surface area contributed by atoms with E-state index in [-0.39, 0.29) is 11.6 Å². The monoisotopic (exact) mass is 443 g/mol. The van der Waals surface area contributed by atoms with Crippen molar-refractivity contribution in [3.8, 4) is 16.9 Å². The van der Waals surface area contributed by atoms with E-state index in [2.05, 4.69) is 58.9 Å². The van der Waals surface area contributed by atoms with Gasteiger partial charge in [0.2, 0.25) is 0 Å². The maximum absolute atomic E-state index is 11.5. The molecule has 0 unspecified atom stereocenters. The van der Waals surface area contributed by atoms with Crippen LogP contribution in [-0.2, 0) is 6.42 Å². The predicted octanol–water partition coefficient (Wildman–Crippen LogP) is 4.84. The van der Waals surface area contributed by atoms with Crippen LogP contribution < -0.4 is 15.4 Å². The minimum absolute atomic E-state index is 0.101. The standard InChI is InChI=1S/C27H29N3O3/c1-17-12-21(33-16-18-2-3-18)5-7-22(17)19-4-6-23-20(13-19)8-11-29-26(23)15-30-25-14-28-10-9-24(25)27(31)32/h4-7,9-10,12-14,18,26,29-30H,2-3,8,11,15-16H2,1H3,(H,31,32)/t26-/m1/s1. The van der Waals surface area contributed by atoms with E-state index < -0.39 is 5.97 Å². The number of rotatable bonds is 8. The molecule has 0 bridgehead atoms. The quantitative estimate of drug-likeness (QED) is 0.462. The molecule has 6 heteroatoms. The highest BCUT2D eigenvalue weighted by Crippen LogP contribution is 2.33. The molecule has 1 aliphatic heterocycles. The molecule has 0 radical (unpaired) electrons. The number of anilines is 1. The molecule has 1 aliphatic carbocycles. The molecule has 3 N–H and O–H groups in total. The van der Waals surface area contributed by atoms with Gasteiger partial charge in [-0.2, -0.15) is 0 Å². The molecule has 1 atom stereocenters. The van der Waals surface area contributed by atoms with Gasteiger partial charge in [0.15, 0.2) is 0 Å². The summed E-state index contributed by atoms with van der Waals surface area (Å²) in [6, 6.07) is 14.7. The lowest BCUT2D eigenvalue weighted by Gasteiger charge is -2.28. The third kappa shape index (κ3) is 4.86. The molecular weight excluding hydrogens is 414 g/mol. The molecular formula is C27H29N3O3. The fourth-order valence-electron chi connectivity index (χ4n) is 4.49. The average Bonchev–Trinajstić information content (AvgIpc) is 3.66. The second-order valence-electron chi connectivity index (χ2n) is 9.01. The number of aromatic carboxylic acids is 1. The fraction of sp³-hybridized carbons (Fsp3) is 0.333. The third-order valence-corrected chi connectivity index (χ3v) is 6.54. The van der Waals surface area contributed by atoms with Crippen molar-refractivity contribution < 1.29 is 14.6 Å². The summed E-state index contributed by atoms with van der Waals surface area (Å²) in [7, 11) is 0. The number of carboxylic acids is 1. The van der Waals surface area contributed by atoms with Crippen LogP contribution in [0.5, 0.6) is 5.75 Å². The molecule has 5 rings (SSSR count). The summed E-state index contributed by atoms with van der Waals surface area (Å²) < 4.78 is 5.94. The number of ether oxygens (including phenoxy) is 1. The van der Waals surface area contributed by atoms with E-state index in [0.29, 0.717) is 12.2 Å². The maximum atomic E-state index is 11.5. The van der Waals surface area contributed by atoms with E-state index in [0.717, 1.165) is 31.2 Å². The second kappa shape index (κ2) is 9.24. The smallest absolute Gasteiger partial charge is 0.337 e. The zero-order chi connectivity index (χ0) is 22.8. The Morgan fingerprint density at radius 3 is 2.88 bits per heavy atom. The van der Waals surface area contributed by atoms with Gasteiger partial charge in [-0.1, -0.05) is 24.3 Å². The van der Waals surface area contributed by atoms with Crippen LogP contribution in [0.3, 0.4) is 0 Å². The van der Waals surface area contributed by atoms with E-state index in [1.54, 1.807) is 6.20 Å². The molecule has 2 heterocycles. The summed E-state index contributed by atoms with van der Waals surface area (Å²) in [5, 5.41) is 16.2. The predicted molar refractivity (Wildman–Crippen MR) is 129 cm³/mol. The van der Waals surface area contributed by atoms with Crippen LogP contribution in [0.15, 0.2) is 54.9 Å². The van der Waals surface area contributed by atoms with Crippen LogP contribution in [0, 0.1) is 12.8 Å². The summed E-state index contributed by atoms with van der Waals surface area (Å²) in [6.07, 6.45) is 6.62. The van der Waals surface area contributed by atoms with Crippen molar-refractivity contribution in [2.45, 2.75) is 32.2 Å². The number of benzene rings is 2. The van der Waals surface area contributed by atoms with Crippen molar-refractivity contribution in [3.05, 3.63) is 77.1 Å². The Bertz CT molecular complexity index is 1170. The third-order valence-electron chi connectivity index (χ3n) is 6.54. The Balaban J connectivity index is 1.32. The number of fused-ring (bicyclic) bond motifs is 1. The minimum atomic E-state index is -0.958. The van der Waals surface area contributed by atoms with E-state index in [9.17, 15) is 9.90 Å². The summed E-state index contributed by atoms with van der Waals surface area (Å²) >= 11 is 0. The van der Waals surface area contributed by atoms with Crippen molar-refractivity contribution in [2.75, 3.05) is 25.0 Å². The lowest BCUT2D eigenvalue weighted by molar-refractivity contribution is 0.0697. The van der Waals surface area contributed by atoms with E-state index in [1.165, 1.54) is 52.9 Å². The highest BCUT2D eigenvalue weighted by atomic mass is 16.5. The van der Waals surface area contributed by atoms with E-state index >= 15 is 0 Å². The first-order chi connectivity index (χ1) is 16.1. The van der Waals surface area contributed by atoms with E-state index in [4.69, 9.17) is 4.74 Å². The van der Waals surface area contributed by atoms with Gasteiger partial charge in [-0.3, -0.25) is 4.98 Å². The zero-order valence-corrected chi connectivity index (χ0v) is 18.8. The SMILES string of the molecule is Cc1cc(OCC2CC2)ccc1-c1ccc2c(c1)CCN[C@@H]2CNc1cnccc1C(=O)O. The summed E-state index contributed by atoms with van der Waals surface area (Å²) in [4.78, 5) is 15.5. The number of carboxylic acid groups (broad SMARTS) is 1. The van der Waals surface area contributed by atoms with Crippen molar-refractivity contribution in [1.82, 2.24) is 10.3 Å². The number of nitrogens with zero attached hydrogens (tertiary/aromatic N) is 1. The minimum Gasteiger partial charge on any atom is -0.493 e. The molecule has 0 spiro atoms. The van der Waals surface area contributed by atoms with Gasteiger partial charge in [-0.05, 0) is 84.7 Å². The molecule has 33 heavy (non-hydrogen) atoms. The van der Waals surface area contributed by atoms with Gasteiger partial charge in [-0.25, -0.2) is 4.79 Å². The normalized spacial score (nSPS) is 17.3. The largest absolute Gasteiger partial charge is 0.493 e. The molecule has 0 amide bonds. The molecule has 1 fully saturated rings. The second-order valence-corrected chi connectivity index (χ2v) is 9.01. The van der Waals surface area contributed by atoms with E-state index in [1.807, 2.05) is 0 Å². The maximum Gasteiger partial charge on any atom is 0.337 e. The van der Waals surface area contributed by atoms with Gasteiger partial charge < -0.3 is 20.5 Å². The van der Waals surface area contributed by atoms with Crippen LogP contribution in [0.25, 0.3) is 11.1 Å². The lowest BCUT2D eigenvalue weighted by atomic mass is 9.89. The molecule has 1 aromatic heterocycles. The van der Waals surface area contributed by atoms with Gasteiger partial charge in [0, 0.05) is 18.8 Å². The first-order valence-corrected chi connectivity index (χ1v) is 11.6. The van der Waals surface area contributed by atoms with Crippen LogP contribution in [-0.4, -0.2) is 35.8 Å². The first-order valence-electron chi connectivity index (χ1n) is 11.6. The molecule has 2 aromatic carbocycles. The Morgan fingerprint density at radius 1 is 1.21 bits per heavy atom. The molecule has 3 aromatic rings. The van der Waals surface area contributed by atoms with Crippen LogP contribution in [0.4, 0.5) is 5.69 Å². The molecule has 6 nitrogen and oxygen atoms in total. The van der Waals surface area contributed by atoms with Gasteiger partial charge in [-0.15, -0.1) is 0 Å². The van der Waals surface area contributed by atoms with Gasteiger partial charge >= 0.3 is 5.97 Å². The summed E-state index contributed by atoms with van der Waals surface area (Å²) in [5.41, 5.74) is 7.01. The Morgan fingerprint density at radius 2 is 2.09 bits per heavy atom. The number of pyridine rings is 1. The van der Waals surface area contributed by atoms with Crippen molar-refractivity contribution >= 4 is 11.7 Å². The number of aryl methyl sites for hydroxylation is 1. The highest BCUT2D eigenvalue weighted by Gasteiger charge is 2.23. The molecule has 170 valence electrons. The number of carbonyl (C=O) groups is 1. The summed E-state index contributed by atoms with van der Waals surface area (Å²) in [6.45, 7) is 4.44. The van der Waals surface area contributed by atoms with Gasteiger partial charge in [0.1, 0.15) is 5.75 Å². The van der Waals surface area contributed by atoms with Crippen molar-refractivity contribution in [1.29, 1.82) is 0 Å². The Hall–Kier alpha value is -3.38. The first kappa shape index (κ1) is 21.5. The van der Waals surface area contributed by atoms with Crippen molar-refractivity contribution in [2.24, 2.45) is 5.92 Å². The number of aromatic nitrogens is 1. The molecule has 1 saturated carbocycles. The summed E-state index contributed by atoms with van der Waals surface area (Å²) in [5.74, 6) is 0.740. The number of hydrogen-bond donors (Lipinski definition) is 3. The fourth-order valence-corrected chi connectivity index (χ4v) is 4.49. The van der Waals surface area contributed by atoms with Gasteiger partial charge in [0.05, 0.1) is 24.1 Å². The molecule has 0 saturated heterocycles. The van der Waals surface area contributed by atoms with Crippen LogP contribution in [0.2, 0.25) is 0 Å². The number of hydrogen-bond acceptors (Lipinski definition) is 5. The topological polar surface area (TPSA) is 83.5 Å². The highest BCUT2D eigenvalue weighted by molar-refractivity contribution is 5.93. The average molecular weight is 444 g/mol. The Labute approximate surface area is 194 Å². The Kier molecular flexibility index (Phi) is 6.01. The molecule has 2 aliphatic rings.